The zero-order valence-corrected chi connectivity index (χ0v) is 10.6. The number of hydrogen-bond acceptors (Lipinski definition) is 3. The Balaban J connectivity index is 3.25. The van der Waals surface area contributed by atoms with Crippen molar-refractivity contribution in [3.8, 4) is 0 Å². The van der Waals surface area contributed by atoms with Crippen molar-refractivity contribution in [1.82, 2.24) is 0 Å². The molecule has 7 heteroatoms. The Bertz CT molecular complexity index is 419. The molecule has 0 bridgehead atoms. The first kappa shape index (κ1) is 12.5. The smallest absolute Gasteiger partial charge is 0.220 e. The lowest BCUT2D eigenvalue weighted by Gasteiger charge is -2.13. The number of hydrogen-bond donors (Lipinski definition) is 1. The maximum atomic E-state index is 11.6. The molecule has 0 unspecified atom stereocenters. The third-order valence-corrected chi connectivity index (χ3v) is 5.18. The van der Waals surface area contributed by atoms with E-state index in [0.29, 0.717) is 5.02 Å². The van der Waals surface area contributed by atoms with Crippen LogP contribution >= 0.6 is 47.4 Å². The monoisotopic (exact) mass is 290 g/mol. The molecular weight excluding hydrogens is 287 g/mol. The van der Waals surface area contributed by atoms with Gasteiger partial charge in [0.15, 0.2) is 0 Å². The molecule has 14 heavy (non-hydrogen) atoms. The van der Waals surface area contributed by atoms with Gasteiger partial charge in [-0.15, -0.1) is 12.6 Å². The van der Waals surface area contributed by atoms with E-state index in [4.69, 9.17) is 34.8 Å². The quantitative estimate of drug-likeness (QED) is 0.671. The molecule has 0 N–H and O–H groups in total. The molecular formula is C7H5Cl3O2S2. The van der Waals surface area contributed by atoms with Crippen LogP contribution in [0.3, 0.4) is 0 Å². The van der Waals surface area contributed by atoms with Gasteiger partial charge in [0.1, 0.15) is 0 Å². The summed E-state index contributed by atoms with van der Waals surface area (Å²) in [5.41, 5.74) is 0. The van der Waals surface area contributed by atoms with Gasteiger partial charge in [-0.2, -0.15) is 0 Å². The number of halogens is 3. The summed E-state index contributed by atoms with van der Waals surface area (Å²) < 4.78 is 21.0. The molecule has 0 aliphatic rings. The van der Waals surface area contributed by atoms with E-state index in [2.05, 4.69) is 12.6 Å². The lowest BCUT2D eigenvalue weighted by atomic mass is 10.4. The average Bonchev–Trinajstić information content (AvgIpc) is 2.03. The topological polar surface area (TPSA) is 34.1 Å². The van der Waals surface area contributed by atoms with Gasteiger partial charge in [-0.05, 0) is 24.3 Å². The Morgan fingerprint density at radius 3 is 1.93 bits per heavy atom. The van der Waals surface area contributed by atoms with E-state index in [0.717, 1.165) is 0 Å². The van der Waals surface area contributed by atoms with Crippen LogP contribution in [0, 0.1) is 0 Å². The Hall–Kier alpha value is 0.390. The van der Waals surface area contributed by atoms with E-state index < -0.39 is 12.8 Å². The zero-order valence-electron chi connectivity index (χ0n) is 6.62. The molecule has 0 spiro atoms. The van der Waals surface area contributed by atoms with Crippen LogP contribution in [0.4, 0.5) is 0 Å². The van der Waals surface area contributed by atoms with Crippen molar-refractivity contribution in [2.24, 2.45) is 0 Å². The molecule has 0 atom stereocenters. The summed E-state index contributed by atoms with van der Waals surface area (Å²) in [4.78, 5) is -0.0260. The van der Waals surface area contributed by atoms with Gasteiger partial charge in [0, 0.05) is 5.02 Å². The van der Waals surface area contributed by atoms with Crippen molar-refractivity contribution < 1.29 is 8.42 Å². The van der Waals surface area contributed by atoms with Crippen molar-refractivity contribution in [2.45, 2.75) is 7.89 Å². The molecule has 78 valence electrons. The minimum Gasteiger partial charge on any atom is -0.220 e. The van der Waals surface area contributed by atoms with Gasteiger partial charge in [-0.25, -0.2) is 8.42 Å². The van der Waals surface area contributed by atoms with Gasteiger partial charge in [-0.1, -0.05) is 34.8 Å². The maximum absolute atomic E-state index is 11.6. The molecule has 0 saturated carbocycles. The minimum absolute atomic E-state index is 0.0260. The Morgan fingerprint density at radius 2 is 1.57 bits per heavy atom. The fraction of sp³-hybridized carbons (Fsp3) is 0.143. The normalized spacial score (nSPS) is 12.9. The fourth-order valence-electron chi connectivity index (χ4n) is 0.756. The molecule has 0 heterocycles. The summed E-state index contributed by atoms with van der Waals surface area (Å²) in [5, 5.41) is 0.429. The fourth-order valence-corrected chi connectivity index (χ4v) is 2.51. The minimum atomic E-state index is -3.86. The molecule has 0 amide bonds. The molecule has 1 aromatic rings. The van der Waals surface area contributed by atoms with E-state index >= 15 is 0 Å². The Morgan fingerprint density at radius 1 is 1.14 bits per heavy atom. The molecule has 0 saturated heterocycles. The van der Waals surface area contributed by atoms with Crippen molar-refractivity contribution in [3.05, 3.63) is 29.3 Å². The van der Waals surface area contributed by atoms with Gasteiger partial charge in [0.2, 0.25) is 9.84 Å². The van der Waals surface area contributed by atoms with Gasteiger partial charge in [0.25, 0.3) is 3.00 Å². The standard InChI is InChI=1S/C7H5Cl3O2S2/c8-5-1-3-6(4-2-5)14(11,12)7(9,10)13/h1-4,13H. The average molecular weight is 292 g/mol. The van der Waals surface area contributed by atoms with Crippen LogP contribution in [-0.2, 0) is 9.84 Å². The van der Waals surface area contributed by atoms with Crippen molar-refractivity contribution >= 4 is 57.3 Å². The molecule has 2 nitrogen and oxygen atoms in total. The predicted octanol–water partition coefficient (Wildman–Crippen LogP) is 3.13. The molecule has 0 radical (unpaired) electrons. The highest BCUT2D eigenvalue weighted by atomic mass is 35.5. The largest absolute Gasteiger partial charge is 0.266 e. The van der Waals surface area contributed by atoms with E-state index in [9.17, 15) is 8.42 Å². The van der Waals surface area contributed by atoms with Crippen LogP contribution in [0.2, 0.25) is 5.02 Å². The predicted molar refractivity (Wildman–Crippen MR) is 62.1 cm³/mol. The Labute approximate surface area is 102 Å². The third kappa shape index (κ3) is 2.49. The Kier molecular flexibility index (Phi) is 3.65. The molecule has 0 aliphatic heterocycles. The van der Waals surface area contributed by atoms with Crippen molar-refractivity contribution in [1.29, 1.82) is 0 Å². The van der Waals surface area contributed by atoms with Crippen LogP contribution in [0.1, 0.15) is 0 Å². The second-order valence-electron chi connectivity index (χ2n) is 2.44. The summed E-state index contributed by atoms with van der Waals surface area (Å²) in [6, 6.07) is 5.49. The van der Waals surface area contributed by atoms with Gasteiger partial charge < -0.3 is 0 Å². The number of benzene rings is 1. The first-order valence-electron chi connectivity index (χ1n) is 3.35. The van der Waals surface area contributed by atoms with Crippen LogP contribution in [0.15, 0.2) is 29.2 Å². The SMILES string of the molecule is O=S(=O)(c1ccc(Cl)cc1)C(S)(Cl)Cl. The van der Waals surface area contributed by atoms with E-state index in [1.807, 2.05) is 0 Å². The first-order chi connectivity index (χ1) is 6.25. The van der Waals surface area contributed by atoms with Crippen LogP contribution < -0.4 is 0 Å². The van der Waals surface area contributed by atoms with Crippen molar-refractivity contribution in [2.75, 3.05) is 0 Å². The highest BCUT2D eigenvalue weighted by molar-refractivity contribution is 8.10. The summed E-state index contributed by atoms with van der Waals surface area (Å²) >= 11 is 20.0. The van der Waals surface area contributed by atoms with E-state index in [1.54, 1.807) is 0 Å². The molecule has 1 aromatic carbocycles. The van der Waals surface area contributed by atoms with Gasteiger partial charge in [0.05, 0.1) is 4.90 Å². The van der Waals surface area contributed by atoms with E-state index in [-0.39, 0.29) is 4.90 Å². The summed E-state index contributed by atoms with van der Waals surface area (Å²) in [6.07, 6.45) is 0. The maximum Gasteiger partial charge on any atom is 0.266 e. The van der Waals surface area contributed by atoms with Gasteiger partial charge in [-0.3, -0.25) is 0 Å². The second kappa shape index (κ2) is 4.10. The lowest BCUT2D eigenvalue weighted by Crippen LogP contribution is -2.19. The molecule has 0 aliphatic carbocycles. The van der Waals surface area contributed by atoms with Crippen LogP contribution in [0.5, 0.6) is 0 Å². The van der Waals surface area contributed by atoms with E-state index in [1.165, 1.54) is 24.3 Å². The number of alkyl halides is 2. The summed E-state index contributed by atoms with van der Waals surface area (Å²) in [5.74, 6) is 0. The first-order valence-corrected chi connectivity index (χ1v) is 6.42. The third-order valence-electron chi connectivity index (χ3n) is 1.45. The van der Waals surface area contributed by atoms with Crippen molar-refractivity contribution in [3.63, 3.8) is 0 Å². The molecule has 0 aromatic heterocycles. The summed E-state index contributed by atoms with van der Waals surface area (Å²) in [7, 11) is -3.86. The number of rotatable bonds is 2. The van der Waals surface area contributed by atoms with Gasteiger partial charge >= 0.3 is 0 Å². The number of sulfone groups is 1. The second-order valence-corrected chi connectivity index (χ2v) is 8.25. The highest BCUT2D eigenvalue weighted by Crippen LogP contribution is 2.37. The highest BCUT2D eigenvalue weighted by Gasteiger charge is 2.37. The molecule has 0 fully saturated rings. The van der Waals surface area contributed by atoms with Crippen LogP contribution in [-0.4, -0.2) is 11.4 Å². The number of thiol groups is 1. The zero-order chi connectivity index (χ0) is 11.0. The van der Waals surface area contributed by atoms with Crippen LogP contribution in [0.25, 0.3) is 0 Å². The molecule has 1 rings (SSSR count). The lowest BCUT2D eigenvalue weighted by molar-refractivity contribution is 0.597. The summed E-state index contributed by atoms with van der Waals surface area (Å²) in [6.45, 7) is 0.